The summed E-state index contributed by atoms with van der Waals surface area (Å²) >= 11 is 17.9. The van der Waals surface area contributed by atoms with Gasteiger partial charge in [-0.3, -0.25) is 0 Å². The van der Waals surface area contributed by atoms with E-state index in [0.29, 0.717) is 40.1 Å². The summed E-state index contributed by atoms with van der Waals surface area (Å²) in [5, 5.41) is 9.27. The van der Waals surface area contributed by atoms with E-state index in [-0.39, 0.29) is 5.75 Å². The first-order valence-corrected chi connectivity index (χ1v) is 8.00. The highest BCUT2D eigenvalue weighted by atomic mass is 35.5. The number of nitrogens with one attached hydrogen (secondary N) is 1. The molecule has 0 saturated carbocycles. The summed E-state index contributed by atoms with van der Waals surface area (Å²) < 4.78 is 21.4. The van der Waals surface area contributed by atoms with Crippen molar-refractivity contribution in [2.45, 2.75) is 13.0 Å². The average Bonchev–Trinajstić information content (AvgIpc) is 2.26. The van der Waals surface area contributed by atoms with Gasteiger partial charge in [-0.05, 0) is 25.1 Å². The summed E-state index contributed by atoms with van der Waals surface area (Å²) in [5.41, 5.74) is 0.696. The van der Waals surface area contributed by atoms with Gasteiger partial charge in [-0.25, -0.2) is 13.6 Å². The molecule has 0 aromatic heterocycles. The van der Waals surface area contributed by atoms with Crippen LogP contribution in [0.3, 0.4) is 0 Å². The quantitative estimate of drug-likeness (QED) is 0.621. The summed E-state index contributed by atoms with van der Waals surface area (Å²) in [6.45, 7) is 0.915. The SMILES string of the molecule is NS(=O)(=O)CCCNCc1c(Cl)ccc(Cl)c1Cl. The molecule has 102 valence electrons. The minimum atomic E-state index is -3.41. The highest BCUT2D eigenvalue weighted by molar-refractivity contribution is 7.89. The maximum absolute atomic E-state index is 10.7. The third-order valence-corrected chi connectivity index (χ3v) is 4.28. The molecule has 0 heterocycles. The third kappa shape index (κ3) is 5.30. The number of hydrogen-bond acceptors (Lipinski definition) is 3. The zero-order valence-corrected chi connectivity index (χ0v) is 12.5. The van der Waals surface area contributed by atoms with Crippen LogP contribution in [0, 0.1) is 0 Å². The monoisotopic (exact) mass is 330 g/mol. The zero-order valence-electron chi connectivity index (χ0n) is 9.42. The van der Waals surface area contributed by atoms with Crippen molar-refractivity contribution in [1.29, 1.82) is 0 Å². The predicted octanol–water partition coefficient (Wildman–Crippen LogP) is 2.42. The van der Waals surface area contributed by atoms with Crippen LogP contribution in [0.1, 0.15) is 12.0 Å². The molecule has 1 aromatic rings. The van der Waals surface area contributed by atoms with E-state index in [4.69, 9.17) is 39.9 Å². The minimum absolute atomic E-state index is 0.0585. The van der Waals surface area contributed by atoms with Crippen LogP contribution >= 0.6 is 34.8 Å². The van der Waals surface area contributed by atoms with Gasteiger partial charge in [0.05, 0.1) is 15.8 Å². The molecule has 0 aliphatic rings. The highest BCUT2D eigenvalue weighted by Gasteiger charge is 2.09. The maximum atomic E-state index is 10.7. The van der Waals surface area contributed by atoms with E-state index in [1.807, 2.05) is 0 Å². The lowest BCUT2D eigenvalue weighted by Crippen LogP contribution is -2.22. The number of benzene rings is 1. The smallest absolute Gasteiger partial charge is 0.209 e. The van der Waals surface area contributed by atoms with Crippen LogP contribution in [-0.4, -0.2) is 20.7 Å². The molecule has 0 bridgehead atoms. The molecule has 18 heavy (non-hydrogen) atoms. The summed E-state index contributed by atoms with van der Waals surface area (Å²) in [6, 6.07) is 3.29. The summed E-state index contributed by atoms with van der Waals surface area (Å²) in [4.78, 5) is 0. The van der Waals surface area contributed by atoms with Crippen LogP contribution in [0.4, 0.5) is 0 Å². The second-order valence-corrected chi connectivity index (χ2v) is 6.65. The topological polar surface area (TPSA) is 72.2 Å². The molecule has 4 nitrogen and oxygen atoms in total. The van der Waals surface area contributed by atoms with Crippen LogP contribution in [-0.2, 0) is 16.6 Å². The Morgan fingerprint density at radius 2 is 1.78 bits per heavy atom. The van der Waals surface area contributed by atoms with Crippen LogP contribution < -0.4 is 10.5 Å². The van der Waals surface area contributed by atoms with Crippen molar-refractivity contribution in [3.05, 3.63) is 32.8 Å². The molecule has 0 radical (unpaired) electrons. The molecule has 0 saturated heterocycles. The lowest BCUT2D eigenvalue weighted by molar-refractivity contribution is 0.590. The maximum Gasteiger partial charge on any atom is 0.209 e. The summed E-state index contributed by atoms with van der Waals surface area (Å²) in [7, 11) is -3.41. The van der Waals surface area contributed by atoms with Gasteiger partial charge in [0.1, 0.15) is 0 Å². The Hall–Kier alpha value is -0.0400. The molecule has 1 rings (SSSR count). The van der Waals surface area contributed by atoms with E-state index in [1.54, 1.807) is 12.1 Å². The molecule has 0 unspecified atom stereocenters. The van der Waals surface area contributed by atoms with Gasteiger partial charge in [-0.2, -0.15) is 0 Å². The first-order chi connectivity index (χ1) is 8.31. The second-order valence-electron chi connectivity index (χ2n) is 3.72. The van der Waals surface area contributed by atoms with Gasteiger partial charge in [-0.1, -0.05) is 34.8 Å². The van der Waals surface area contributed by atoms with Gasteiger partial charge in [0.15, 0.2) is 0 Å². The number of nitrogens with two attached hydrogens (primary N) is 1. The number of rotatable bonds is 6. The average molecular weight is 332 g/mol. The van der Waals surface area contributed by atoms with E-state index in [9.17, 15) is 8.42 Å². The lowest BCUT2D eigenvalue weighted by Gasteiger charge is -2.09. The predicted molar refractivity (Wildman–Crippen MR) is 75.8 cm³/mol. The second kappa shape index (κ2) is 6.93. The Morgan fingerprint density at radius 3 is 2.39 bits per heavy atom. The van der Waals surface area contributed by atoms with Gasteiger partial charge in [0.25, 0.3) is 0 Å². The molecule has 8 heteroatoms. The Bertz CT molecular complexity index is 520. The van der Waals surface area contributed by atoms with Crippen LogP contribution in [0.2, 0.25) is 15.1 Å². The zero-order chi connectivity index (χ0) is 13.8. The molecule has 0 spiro atoms. The number of sulfonamides is 1. The van der Waals surface area contributed by atoms with E-state index < -0.39 is 10.0 Å². The van der Waals surface area contributed by atoms with Crippen molar-refractivity contribution < 1.29 is 8.42 Å². The van der Waals surface area contributed by atoms with Gasteiger partial charge in [0.2, 0.25) is 10.0 Å². The number of primary sulfonamides is 1. The Balaban J connectivity index is 2.47. The number of hydrogen-bond donors (Lipinski definition) is 2. The van der Waals surface area contributed by atoms with Crippen molar-refractivity contribution in [2.75, 3.05) is 12.3 Å². The van der Waals surface area contributed by atoms with E-state index in [0.717, 1.165) is 0 Å². The van der Waals surface area contributed by atoms with E-state index in [1.165, 1.54) is 0 Å². The lowest BCUT2D eigenvalue weighted by atomic mass is 10.2. The Kier molecular flexibility index (Phi) is 6.17. The standard InChI is InChI=1S/C10H13Cl3N2O2S/c11-8-2-3-9(12)10(13)7(8)6-15-4-1-5-18(14,16)17/h2-3,15H,1,4-6H2,(H2,14,16,17). The van der Waals surface area contributed by atoms with Crippen LogP contribution in [0.5, 0.6) is 0 Å². The molecule has 0 atom stereocenters. The minimum Gasteiger partial charge on any atom is -0.313 e. The Morgan fingerprint density at radius 1 is 1.17 bits per heavy atom. The van der Waals surface area contributed by atoms with Gasteiger partial charge < -0.3 is 5.32 Å². The molecule has 0 amide bonds. The Labute approximate surface area is 121 Å². The number of halogens is 3. The first kappa shape index (κ1) is 16.0. The van der Waals surface area contributed by atoms with Crippen molar-refractivity contribution >= 4 is 44.8 Å². The van der Waals surface area contributed by atoms with Crippen LogP contribution in [0.25, 0.3) is 0 Å². The molecule has 0 fully saturated rings. The van der Waals surface area contributed by atoms with Crippen LogP contribution in [0.15, 0.2) is 12.1 Å². The molecule has 0 aliphatic carbocycles. The van der Waals surface area contributed by atoms with Gasteiger partial charge in [-0.15, -0.1) is 0 Å². The third-order valence-electron chi connectivity index (χ3n) is 2.22. The summed E-state index contributed by atoms with van der Waals surface area (Å²) in [6.07, 6.45) is 0.425. The van der Waals surface area contributed by atoms with Gasteiger partial charge >= 0.3 is 0 Å². The normalized spacial score (nSPS) is 11.8. The van der Waals surface area contributed by atoms with E-state index >= 15 is 0 Å². The first-order valence-electron chi connectivity index (χ1n) is 5.15. The molecule has 0 aliphatic heterocycles. The molecule has 3 N–H and O–H groups in total. The molecular weight excluding hydrogens is 319 g/mol. The fraction of sp³-hybridized carbons (Fsp3) is 0.400. The largest absolute Gasteiger partial charge is 0.313 e. The highest BCUT2D eigenvalue weighted by Crippen LogP contribution is 2.31. The molecular formula is C10H13Cl3N2O2S. The van der Waals surface area contributed by atoms with E-state index in [2.05, 4.69) is 5.32 Å². The molecule has 1 aromatic carbocycles. The fourth-order valence-electron chi connectivity index (χ4n) is 1.34. The van der Waals surface area contributed by atoms with Gasteiger partial charge in [0, 0.05) is 17.1 Å². The summed E-state index contributed by atoms with van der Waals surface area (Å²) in [5.74, 6) is -0.0585. The fourth-order valence-corrected chi connectivity index (χ4v) is 2.57. The van der Waals surface area contributed by atoms with Crippen molar-refractivity contribution in [3.8, 4) is 0 Å². The van der Waals surface area contributed by atoms with Crippen molar-refractivity contribution in [1.82, 2.24) is 5.32 Å². The van der Waals surface area contributed by atoms with Crippen molar-refractivity contribution in [2.24, 2.45) is 5.14 Å². The van der Waals surface area contributed by atoms with Crippen molar-refractivity contribution in [3.63, 3.8) is 0 Å².